The summed E-state index contributed by atoms with van der Waals surface area (Å²) in [4.78, 5) is 26.2. The zero-order valence-corrected chi connectivity index (χ0v) is 17.3. The molecule has 0 aliphatic carbocycles. The number of hydrogen-bond donors (Lipinski definition) is 1. The SMILES string of the molecule is Cc1ccc(CN2C[C@H](C(=O)N3CCOCC3)[C@@H]3CCO[C@@H]3C2)o1.O=C(O)C(F)(F)F. The third kappa shape index (κ3) is 6.20. The molecule has 8 nitrogen and oxygen atoms in total. The average Bonchev–Trinajstić information content (AvgIpc) is 3.36. The van der Waals surface area contributed by atoms with Crippen molar-refractivity contribution in [2.24, 2.45) is 11.8 Å². The summed E-state index contributed by atoms with van der Waals surface area (Å²) in [5.74, 6) is -0.207. The number of halogens is 3. The van der Waals surface area contributed by atoms with Crippen LogP contribution in [0.25, 0.3) is 0 Å². The zero-order valence-electron chi connectivity index (χ0n) is 17.3. The van der Waals surface area contributed by atoms with E-state index in [9.17, 15) is 18.0 Å². The summed E-state index contributed by atoms with van der Waals surface area (Å²) in [5, 5.41) is 7.12. The monoisotopic (exact) mass is 448 g/mol. The van der Waals surface area contributed by atoms with Crippen LogP contribution in [0.3, 0.4) is 0 Å². The van der Waals surface area contributed by atoms with Gasteiger partial charge in [-0.2, -0.15) is 13.2 Å². The van der Waals surface area contributed by atoms with Gasteiger partial charge in [0.05, 0.1) is 31.8 Å². The lowest BCUT2D eigenvalue weighted by molar-refractivity contribution is -0.192. The van der Waals surface area contributed by atoms with E-state index in [4.69, 9.17) is 23.8 Å². The molecule has 0 aromatic carbocycles. The largest absolute Gasteiger partial charge is 0.490 e. The number of aliphatic carboxylic acids is 1. The van der Waals surface area contributed by atoms with E-state index in [1.807, 2.05) is 24.0 Å². The van der Waals surface area contributed by atoms with Gasteiger partial charge in [0.25, 0.3) is 0 Å². The molecule has 174 valence electrons. The molecular weight excluding hydrogens is 421 g/mol. The van der Waals surface area contributed by atoms with Gasteiger partial charge in [0, 0.05) is 38.7 Å². The number of ether oxygens (including phenoxy) is 2. The summed E-state index contributed by atoms with van der Waals surface area (Å²) in [7, 11) is 0. The lowest BCUT2D eigenvalue weighted by Crippen LogP contribution is -2.54. The van der Waals surface area contributed by atoms with Crippen molar-refractivity contribution in [3.8, 4) is 0 Å². The maximum Gasteiger partial charge on any atom is 0.490 e. The lowest BCUT2D eigenvalue weighted by Gasteiger charge is -2.41. The van der Waals surface area contributed by atoms with E-state index < -0.39 is 12.1 Å². The van der Waals surface area contributed by atoms with Gasteiger partial charge >= 0.3 is 12.1 Å². The number of carboxylic acid groups (broad SMARTS) is 1. The van der Waals surface area contributed by atoms with Crippen molar-refractivity contribution in [1.82, 2.24) is 9.80 Å². The van der Waals surface area contributed by atoms with Crippen molar-refractivity contribution in [3.63, 3.8) is 0 Å². The summed E-state index contributed by atoms with van der Waals surface area (Å²) in [6, 6.07) is 4.01. The van der Waals surface area contributed by atoms with Gasteiger partial charge in [0.2, 0.25) is 5.91 Å². The summed E-state index contributed by atoms with van der Waals surface area (Å²) >= 11 is 0. The second-order valence-electron chi connectivity index (χ2n) is 7.92. The number of rotatable bonds is 3. The van der Waals surface area contributed by atoms with Gasteiger partial charge in [-0.3, -0.25) is 9.69 Å². The number of carboxylic acids is 1. The summed E-state index contributed by atoms with van der Waals surface area (Å²) in [5.41, 5.74) is 0. The Labute approximate surface area is 177 Å². The van der Waals surface area contributed by atoms with E-state index in [0.717, 1.165) is 44.2 Å². The molecule has 4 heterocycles. The van der Waals surface area contributed by atoms with Crippen molar-refractivity contribution < 1.29 is 41.8 Å². The standard InChI is InChI=1S/C18H26N2O4.C2HF3O2/c1-13-2-3-14(24-13)10-19-11-16(15-4-7-23-17(15)12-19)18(21)20-5-8-22-9-6-20;3-2(4,5)1(6)7/h2-3,15-17H,4-12H2,1H3;(H,6,7)/t15-,16-,17+;/m0./s1. The van der Waals surface area contributed by atoms with E-state index in [0.29, 0.717) is 32.2 Å². The molecule has 0 radical (unpaired) electrons. The molecule has 11 heteroatoms. The van der Waals surface area contributed by atoms with E-state index >= 15 is 0 Å². The Hall–Kier alpha value is -2.11. The second-order valence-corrected chi connectivity index (χ2v) is 7.92. The van der Waals surface area contributed by atoms with Gasteiger partial charge in [-0.25, -0.2) is 4.79 Å². The maximum absolute atomic E-state index is 13.1. The van der Waals surface area contributed by atoms with Crippen LogP contribution in [0.4, 0.5) is 13.2 Å². The van der Waals surface area contributed by atoms with E-state index in [2.05, 4.69) is 4.90 Å². The molecule has 1 aromatic heterocycles. The molecule has 3 atom stereocenters. The van der Waals surface area contributed by atoms with Gasteiger partial charge < -0.3 is 23.9 Å². The van der Waals surface area contributed by atoms with Gasteiger partial charge in [-0.05, 0) is 25.5 Å². The first-order valence-corrected chi connectivity index (χ1v) is 10.2. The number of furan rings is 1. The van der Waals surface area contributed by atoms with Crippen LogP contribution in [0, 0.1) is 18.8 Å². The minimum atomic E-state index is -5.08. The van der Waals surface area contributed by atoms with Crippen LogP contribution in [-0.4, -0.2) is 85.1 Å². The zero-order chi connectivity index (χ0) is 22.6. The molecule has 1 aromatic rings. The third-order valence-corrected chi connectivity index (χ3v) is 5.73. The van der Waals surface area contributed by atoms with Crippen LogP contribution < -0.4 is 0 Å². The predicted molar refractivity (Wildman–Crippen MR) is 101 cm³/mol. The Bertz CT molecular complexity index is 762. The van der Waals surface area contributed by atoms with Gasteiger partial charge in [0.1, 0.15) is 11.5 Å². The van der Waals surface area contributed by atoms with Crippen LogP contribution in [0.1, 0.15) is 17.9 Å². The number of aryl methyl sites for hydroxylation is 1. The number of carbonyl (C=O) groups excluding carboxylic acids is 1. The molecule has 0 saturated carbocycles. The molecule has 3 fully saturated rings. The molecule has 1 amide bonds. The van der Waals surface area contributed by atoms with E-state index in [-0.39, 0.29) is 17.9 Å². The molecular formula is C20H27F3N2O6. The van der Waals surface area contributed by atoms with Crippen LogP contribution in [0.15, 0.2) is 16.5 Å². The average molecular weight is 448 g/mol. The van der Waals surface area contributed by atoms with E-state index in [1.54, 1.807) is 0 Å². The quantitative estimate of drug-likeness (QED) is 0.755. The van der Waals surface area contributed by atoms with Crippen molar-refractivity contribution in [2.45, 2.75) is 32.2 Å². The molecule has 31 heavy (non-hydrogen) atoms. The molecule has 3 aliphatic rings. The fourth-order valence-electron chi connectivity index (χ4n) is 4.26. The van der Waals surface area contributed by atoms with Crippen molar-refractivity contribution in [2.75, 3.05) is 46.0 Å². The van der Waals surface area contributed by atoms with Crippen LogP contribution in [-0.2, 0) is 25.6 Å². The lowest BCUT2D eigenvalue weighted by atomic mass is 9.81. The van der Waals surface area contributed by atoms with E-state index in [1.165, 1.54) is 0 Å². The number of fused-ring (bicyclic) bond motifs is 1. The molecule has 4 rings (SSSR count). The summed E-state index contributed by atoms with van der Waals surface area (Å²) in [6.07, 6.45) is -3.91. The molecule has 0 unspecified atom stereocenters. The van der Waals surface area contributed by atoms with Crippen LogP contribution in [0.5, 0.6) is 0 Å². The molecule has 0 bridgehead atoms. The van der Waals surface area contributed by atoms with Gasteiger partial charge in [0.15, 0.2) is 0 Å². The molecule has 3 aliphatic heterocycles. The number of hydrogen-bond acceptors (Lipinski definition) is 6. The third-order valence-electron chi connectivity index (χ3n) is 5.73. The second kappa shape index (κ2) is 10.0. The molecule has 3 saturated heterocycles. The number of nitrogens with zero attached hydrogens (tertiary/aromatic N) is 2. The van der Waals surface area contributed by atoms with Crippen molar-refractivity contribution in [1.29, 1.82) is 0 Å². The Balaban J connectivity index is 0.000000339. The fourth-order valence-corrected chi connectivity index (χ4v) is 4.26. The smallest absolute Gasteiger partial charge is 0.475 e. The number of amides is 1. The van der Waals surface area contributed by atoms with Crippen molar-refractivity contribution in [3.05, 3.63) is 23.7 Å². The number of piperidine rings is 1. The first kappa shape index (κ1) is 23.6. The minimum absolute atomic E-state index is 0.0282. The summed E-state index contributed by atoms with van der Waals surface area (Å²) < 4.78 is 48.8. The molecule has 1 N–H and O–H groups in total. The van der Waals surface area contributed by atoms with Gasteiger partial charge in [-0.15, -0.1) is 0 Å². The highest BCUT2D eigenvalue weighted by Gasteiger charge is 2.45. The molecule has 0 spiro atoms. The highest BCUT2D eigenvalue weighted by Crippen LogP contribution is 2.35. The highest BCUT2D eigenvalue weighted by atomic mass is 19.4. The van der Waals surface area contributed by atoms with Crippen LogP contribution >= 0.6 is 0 Å². The topological polar surface area (TPSA) is 92.5 Å². The number of likely N-dealkylation sites (tertiary alicyclic amines) is 1. The minimum Gasteiger partial charge on any atom is -0.475 e. The Morgan fingerprint density at radius 3 is 2.42 bits per heavy atom. The Morgan fingerprint density at radius 2 is 1.84 bits per heavy atom. The normalized spacial score (nSPS) is 26.7. The van der Waals surface area contributed by atoms with Gasteiger partial charge in [-0.1, -0.05) is 0 Å². The van der Waals surface area contributed by atoms with Crippen molar-refractivity contribution >= 4 is 11.9 Å². The summed E-state index contributed by atoms with van der Waals surface area (Å²) in [6.45, 7) is 7.88. The Kier molecular flexibility index (Phi) is 7.60. The first-order chi connectivity index (χ1) is 14.6. The number of morpholine rings is 1. The van der Waals surface area contributed by atoms with Crippen LogP contribution in [0.2, 0.25) is 0 Å². The number of carbonyl (C=O) groups is 2. The first-order valence-electron chi connectivity index (χ1n) is 10.2. The highest BCUT2D eigenvalue weighted by molar-refractivity contribution is 5.79. The fraction of sp³-hybridized carbons (Fsp3) is 0.700. The predicted octanol–water partition coefficient (Wildman–Crippen LogP) is 1.92. The Morgan fingerprint density at radius 1 is 1.16 bits per heavy atom. The number of alkyl halides is 3. The maximum atomic E-state index is 13.1.